The van der Waals surface area contributed by atoms with E-state index in [-0.39, 0.29) is 5.41 Å². The van der Waals surface area contributed by atoms with Crippen LogP contribution in [0, 0.1) is 23.7 Å². The molecule has 7 aliphatic rings. The fourth-order valence-electron chi connectivity index (χ4n) is 17.2. The van der Waals surface area contributed by atoms with Crippen molar-refractivity contribution < 1.29 is 0 Å². The number of fused-ring (bicyclic) bond motifs is 13. The highest BCUT2D eigenvalue weighted by atomic mass is 15.2. The predicted molar refractivity (Wildman–Crippen MR) is 322 cm³/mol. The van der Waals surface area contributed by atoms with Crippen LogP contribution in [0.5, 0.6) is 0 Å². The molecule has 0 heterocycles. The van der Waals surface area contributed by atoms with Gasteiger partial charge in [-0.3, -0.25) is 0 Å². The Morgan fingerprint density at radius 1 is 0.269 bits per heavy atom. The van der Waals surface area contributed by atoms with Crippen LogP contribution >= 0.6 is 0 Å². The molecule has 0 unspecified atom stereocenters. The maximum absolute atomic E-state index is 2.77. The van der Waals surface area contributed by atoms with E-state index in [1.807, 2.05) is 0 Å². The number of para-hydroxylation sites is 1. The number of benzene rings is 11. The maximum Gasteiger partial charge on any atom is 0.0726 e. The molecule has 18 rings (SSSR count). The molecule has 0 saturated heterocycles. The summed E-state index contributed by atoms with van der Waals surface area (Å²) >= 11 is 0. The summed E-state index contributed by atoms with van der Waals surface area (Å²) in [6, 6.07) is 99.8. The Kier molecular flexibility index (Phi) is 9.59. The van der Waals surface area contributed by atoms with Gasteiger partial charge in [-0.05, 0) is 192 Å². The molecular weight excluding hydrogens is 939 g/mol. The fourth-order valence-corrected chi connectivity index (χ4v) is 17.2. The van der Waals surface area contributed by atoms with E-state index < -0.39 is 5.41 Å². The Balaban J connectivity index is 0.975. The number of anilines is 3. The minimum atomic E-state index is -0.602. The molecule has 4 bridgehead atoms. The van der Waals surface area contributed by atoms with Gasteiger partial charge in [0.2, 0.25) is 0 Å². The number of hydrogen-bond acceptors (Lipinski definition) is 1. The SMILES string of the molecule is c1ccc(-c2cccc(-c3ccccc3N(c3cccc4c3-c3ccccc3C43c4cc(-c5ccccc5)ccc4-c4ccc(-c5ccccc5)cc43)c3cccc4c3C3(c5ccccc5-4)C4CC5CC(C4)CC3C5)c2)cc1. The molecule has 4 saturated carbocycles. The molecule has 7 aliphatic carbocycles. The average molecular weight is 996 g/mol. The minimum absolute atomic E-state index is 0.0710. The smallest absolute Gasteiger partial charge is 0.0726 e. The van der Waals surface area contributed by atoms with Crippen LogP contribution in [0.25, 0.3) is 77.9 Å². The summed E-state index contributed by atoms with van der Waals surface area (Å²) in [6.07, 6.45) is 6.71. The third kappa shape index (κ3) is 6.08. The van der Waals surface area contributed by atoms with Gasteiger partial charge >= 0.3 is 0 Å². The lowest BCUT2D eigenvalue weighted by Gasteiger charge is -2.61. The molecule has 1 nitrogen and oxygen atoms in total. The Hall–Kier alpha value is -8.78. The quantitative estimate of drug-likeness (QED) is 0.154. The topological polar surface area (TPSA) is 3.24 Å². The molecule has 78 heavy (non-hydrogen) atoms. The van der Waals surface area contributed by atoms with Gasteiger partial charge in [0, 0.05) is 16.5 Å². The summed E-state index contributed by atoms with van der Waals surface area (Å²) in [4.78, 5) is 2.77. The van der Waals surface area contributed by atoms with Crippen molar-refractivity contribution in [1.29, 1.82) is 0 Å². The summed E-state index contributed by atoms with van der Waals surface area (Å²) in [5.41, 5.74) is 29.5. The van der Waals surface area contributed by atoms with Crippen LogP contribution in [-0.4, -0.2) is 0 Å². The van der Waals surface area contributed by atoms with E-state index in [0.29, 0.717) is 11.8 Å². The van der Waals surface area contributed by atoms with Gasteiger partial charge in [0.1, 0.15) is 0 Å². The molecule has 0 aromatic heterocycles. The molecule has 0 atom stereocenters. The summed E-state index contributed by atoms with van der Waals surface area (Å²) in [5, 5.41) is 0. The first-order valence-corrected chi connectivity index (χ1v) is 28.6. The first-order valence-electron chi connectivity index (χ1n) is 28.6. The van der Waals surface area contributed by atoms with E-state index in [9.17, 15) is 0 Å². The van der Waals surface area contributed by atoms with Gasteiger partial charge in [0.05, 0.1) is 22.5 Å². The molecule has 11 aromatic rings. The van der Waals surface area contributed by atoms with Crippen molar-refractivity contribution in [3.05, 3.63) is 294 Å². The molecule has 0 aliphatic heterocycles. The largest absolute Gasteiger partial charge is 0.309 e. The Labute approximate surface area is 458 Å². The zero-order valence-corrected chi connectivity index (χ0v) is 43.6. The minimum Gasteiger partial charge on any atom is -0.309 e. The van der Waals surface area contributed by atoms with Crippen LogP contribution in [-0.2, 0) is 10.8 Å². The fraction of sp³-hybridized carbons (Fsp3) is 0.143. The van der Waals surface area contributed by atoms with E-state index in [0.717, 1.165) is 11.8 Å². The van der Waals surface area contributed by atoms with Crippen molar-refractivity contribution in [3.8, 4) is 77.9 Å². The molecule has 11 aromatic carbocycles. The van der Waals surface area contributed by atoms with E-state index in [4.69, 9.17) is 0 Å². The third-order valence-electron chi connectivity index (χ3n) is 19.9. The Morgan fingerprint density at radius 3 is 1.35 bits per heavy atom. The van der Waals surface area contributed by atoms with Gasteiger partial charge in [-0.1, -0.05) is 224 Å². The van der Waals surface area contributed by atoms with Crippen molar-refractivity contribution in [2.45, 2.75) is 42.9 Å². The van der Waals surface area contributed by atoms with Crippen LogP contribution in [0.2, 0.25) is 0 Å². The third-order valence-corrected chi connectivity index (χ3v) is 19.9. The molecule has 0 amide bonds. The standard InChI is InChI=1S/C77H57N/c1-4-19-51(20-5-1)54-25-16-26-57(46-54)60-27-12-15-34-71(60)78(73-36-17-30-64-61-28-10-13-31-66(61)76(75(64)73)58-42-49-41-50(44-58)45-59(76)43-49)72-35-18-33-68-74(72)65-29-11-14-32-67(65)77(68)69-47-55(52-21-6-2-7-22-52)37-39-62(69)63-40-38-56(48-70(63)77)53-23-8-3-9-24-53/h1-40,46-50,58-59H,41-45H2. The van der Waals surface area contributed by atoms with Gasteiger partial charge in [-0.2, -0.15) is 0 Å². The lowest BCUT2D eigenvalue weighted by Crippen LogP contribution is -2.55. The molecule has 1 heteroatoms. The molecule has 2 spiro atoms. The number of nitrogens with zero attached hydrogens (tertiary/aromatic N) is 1. The highest BCUT2D eigenvalue weighted by Crippen LogP contribution is 2.72. The van der Waals surface area contributed by atoms with Crippen molar-refractivity contribution in [1.82, 2.24) is 0 Å². The highest BCUT2D eigenvalue weighted by molar-refractivity contribution is 6.04. The van der Waals surface area contributed by atoms with E-state index in [2.05, 4.69) is 266 Å². The second-order valence-electron chi connectivity index (χ2n) is 23.5. The predicted octanol–water partition coefficient (Wildman–Crippen LogP) is 19.9. The van der Waals surface area contributed by atoms with Crippen molar-refractivity contribution in [2.24, 2.45) is 23.7 Å². The Morgan fingerprint density at radius 2 is 0.705 bits per heavy atom. The van der Waals surface area contributed by atoms with Crippen LogP contribution in [0.4, 0.5) is 17.1 Å². The summed E-state index contributed by atoms with van der Waals surface area (Å²) in [6.45, 7) is 0. The molecule has 370 valence electrons. The maximum atomic E-state index is 2.77. The summed E-state index contributed by atoms with van der Waals surface area (Å²) in [7, 11) is 0. The van der Waals surface area contributed by atoms with Crippen LogP contribution in [0.15, 0.2) is 261 Å². The van der Waals surface area contributed by atoms with Crippen LogP contribution in [0.3, 0.4) is 0 Å². The number of rotatable bonds is 7. The van der Waals surface area contributed by atoms with Gasteiger partial charge in [-0.25, -0.2) is 0 Å². The first kappa shape index (κ1) is 44.4. The molecular formula is C77H57N. The van der Waals surface area contributed by atoms with Gasteiger partial charge < -0.3 is 4.90 Å². The van der Waals surface area contributed by atoms with Crippen molar-refractivity contribution in [2.75, 3.05) is 4.90 Å². The van der Waals surface area contributed by atoms with Gasteiger partial charge in [-0.15, -0.1) is 0 Å². The highest BCUT2D eigenvalue weighted by Gasteiger charge is 2.63. The van der Waals surface area contributed by atoms with Gasteiger partial charge in [0.15, 0.2) is 0 Å². The molecule has 4 fully saturated rings. The summed E-state index contributed by atoms with van der Waals surface area (Å²) < 4.78 is 0. The monoisotopic (exact) mass is 995 g/mol. The second kappa shape index (κ2) is 16.9. The Bertz CT molecular complexity index is 4110. The lowest BCUT2D eigenvalue weighted by molar-refractivity contribution is -0.0397. The van der Waals surface area contributed by atoms with E-state index >= 15 is 0 Å². The molecule has 0 radical (unpaired) electrons. The van der Waals surface area contributed by atoms with Crippen LogP contribution < -0.4 is 4.90 Å². The number of hydrogen-bond donors (Lipinski definition) is 0. The van der Waals surface area contributed by atoms with E-state index in [1.54, 1.807) is 11.1 Å². The van der Waals surface area contributed by atoms with Crippen molar-refractivity contribution in [3.63, 3.8) is 0 Å². The normalized spacial score (nSPS) is 20.7. The average Bonchev–Trinajstić information content (AvgIpc) is 4.27. The molecule has 0 N–H and O–H groups in total. The van der Waals surface area contributed by atoms with Crippen LogP contribution in [0.1, 0.15) is 65.5 Å². The van der Waals surface area contributed by atoms with Crippen molar-refractivity contribution >= 4 is 17.1 Å². The second-order valence-corrected chi connectivity index (χ2v) is 23.5. The zero-order chi connectivity index (χ0) is 51.1. The lowest BCUT2D eigenvalue weighted by atomic mass is 9.43. The summed E-state index contributed by atoms with van der Waals surface area (Å²) in [5.74, 6) is 2.88. The van der Waals surface area contributed by atoms with Gasteiger partial charge in [0.25, 0.3) is 0 Å². The van der Waals surface area contributed by atoms with E-state index in [1.165, 1.54) is 149 Å². The zero-order valence-electron chi connectivity index (χ0n) is 43.6. The first-order chi connectivity index (χ1) is 38.7.